The van der Waals surface area contributed by atoms with Gasteiger partial charge in [-0.25, -0.2) is 15.2 Å². The van der Waals surface area contributed by atoms with Crippen LogP contribution >= 0.6 is 11.6 Å². The van der Waals surface area contributed by atoms with Gasteiger partial charge in [0.2, 0.25) is 0 Å². The number of halogens is 1. The van der Waals surface area contributed by atoms with Gasteiger partial charge in [-0.3, -0.25) is 9.80 Å². The first-order valence-corrected chi connectivity index (χ1v) is 13.4. The van der Waals surface area contributed by atoms with Gasteiger partial charge in [-0.15, -0.1) is 0 Å². The number of carbonyl (C=O) groups excluding carboxylic acids is 1. The summed E-state index contributed by atoms with van der Waals surface area (Å²) in [6.45, 7) is 1.88. The van der Waals surface area contributed by atoms with E-state index in [9.17, 15) is 19.8 Å². The lowest BCUT2D eigenvalue weighted by atomic mass is 9.83. The largest absolute Gasteiger partial charge is 0.508 e. The number of carboxylic acid groups (broad SMARTS) is 1. The molecule has 0 saturated heterocycles. The Morgan fingerprint density at radius 1 is 1.11 bits per heavy atom. The Hall–Kier alpha value is -3.62. The van der Waals surface area contributed by atoms with Crippen LogP contribution in [0.2, 0.25) is 5.02 Å². The molecule has 198 valence electrons. The van der Waals surface area contributed by atoms with E-state index in [0.29, 0.717) is 27.9 Å². The number of nitrogens with one attached hydrogen (secondary N) is 2. The number of nitrogens with zero attached hydrogens (tertiary/aromatic N) is 2. The van der Waals surface area contributed by atoms with Crippen molar-refractivity contribution in [1.82, 2.24) is 15.8 Å². The maximum atomic E-state index is 13.5. The molecule has 3 aliphatic rings. The lowest BCUT2D eigenvalue weighted by Gasteiger charge is -2.35. The minimum Gasteiger partial charge on any atom is -0.508 e. The molecule has 2 aromatic rings. The normalized spacial score (nSPS) is 20.5. The Balaban J connectivity index is 1.46. The highest BCUT2D eigenvalue weighted by molar-refractivity contribution is 6.30. The number of aliphatic imine (C=N–C) groups is 1. The first kappa shape index (κ1) is 26.0. The van der Waals surface area contributed by atoms with E-state index in [1.807, 2.05) is 42.4 Å². The molecule has 2 aromatic carbocycles. The van der Waals surface area contributed by atoms with Gasteiger partial charge in [0.05, 0.1) is 11.6 Å². The highest BCUT2D eigenvalue weighted by atomic mass is 35.5. The quantitative estimate of drug-likeness (QED) is 0.411. The fraction of sp³-hybridized carbons (Fsp3) is 0.345. The summed E-state index contributed by atoms with van der Waals surface area (Å²) in [5.41, 5.74) is 7.61. The van der Waals surface area contributed by atoms with Crippen LogP contribution in [0.15, 0.2) is 70.6 Å². The second-order valence-corrected chi connectivity index (χ2v) is 10.5. The number of carbonyl (C=O) groups is 2. The second kappa shape index (κ2) is 11.0. The third-order valence-corrected chi connectivity index (χ3v) is 7.66. The van der Waals surface area contributed by atoms with E-state index in [4.69, 9.17) is 16.6 Å². The van der Waals surface area contributed by atoms with Crippen molar-refractivity contribution in [1.29, 1.82) is 0 Å². The van der Waals surface area contributed by atoms with Gasteiger partial charge in [-0.1, -0.05) is 55.1 Å². The molecule has 2 atom stereocenters. The number of carboxylic acids is 1. The summed E-state index contributed by atoms with van der Waals surface area (Å²) in [6, 6.07) is 12.5. The van der Waals surface area contributed by atoms with Crippen molar-refractivity contribution in [2.24, 2.45) is 10.9 Å². The van der Waals surface area contributed by atoms with Gasteiger partial charge in [0.15, 0.2) is 5.82 Å². The number of phenols is 1. The second-order valence-electron chi connectivity index (χ2n) is 10.1. The van der Waals surface area contributed by atoms with E-state index in [-0.39, 0.29) is 18.2 Å². The van der Waals surface area contributed by atoms with Crippen LogP contribution in [0, 0.1) is 5.92 Å². The van der Waals surface area contributed by atoms with E-state index in [1.54, 1.807) is 12.1 Å². The number of aromatic hydroxyl groups is 1. The Morgan fingerprint density at radius 3 is 2.45 bits per heavy atom. The Bertz CT molecular complexity index is 1310. The third kappa shape index (κ3) is 5.33. The van der Waals surface area contributed by atoms with E-state index in [0.717, 1.165) is 42.5 Å². The predicted octanol–water partition coefficient (Wildman–Crippen LogP) is 4.65. The zero-order valence-corrected chi connectivity index (χ0v) is 21.9. The molecule has 2 aliphatic heterocycles. The lowest BCUT2D eigenvalue weighted by Crippen LogP contribution is -2.44. The molecular formula is C29H31ClN4O4. The monoisotopic (exact) mass is 534 g/mol. The van der Waals surface area contributed by atoms with Crippen molar-refractivity contribution >= 4 is 35.3 Å². The molecule has 1 unspecified atom stereocenters. The topological polar surface area (TPSA) is 114 Å². The smallest absolute Gasteiger partial charge is 0.326 e. The van der Waals surface area contributed by atoms with Gasteiger partial charge in [0, 0.05) is 34.8 Å². The zero-order chi connectivity index (χ0) is 26.8. The predicted molar refractivity (Wildman–Crippen MR) is 146 cm³/mol. The molecule has 1 amide bonds. The van der Waals surface area contributed by atoms with Gasteiger partial charge in [0.25, 0.3) is 5.91 Å². The summed E-state index contributed by atoms with van der Waals surface area (Å²) in [6.07, 6.45) is 7.51. The summed E-state index contributed by atoms with van der Waals surface area (Å²) in [4.78, 5) is 30.2. The fourth-order valence-electron chi connectivity index (χ4n) is 5.49. The van der Waals surface area contributed by atoms with Gasteiger partial charge >= 0.3 is 5.97 Å². The Kier molecular flexibility index (Phi) is 7.53. The molecule has 1 saturated carbocycles. The Morgan fingerprint density at radius 2 is 1.79 bits per heavy atom. The molecule has 8 nitrogen and oxygen atoms in total. The van der Waals surface area contributed by atoms with Crippen LogP contribution in [-0.2, 0) is 16.0 Å². The summed E-state index contributed by atoms with van der Waals surface area (Å²) in [5.74, 6) is -0.699. The summed E-state index contributed by atoms with van der Waals surface area (Å²) < 4.78 is 0. The molecule has 2 heterocycles. The summed E-state index contributed by atoms with van der Waals surface area (Å²) in [7, 11) is 0. The SMILES string of the molecule is CC1NN2C(=C1C(=O)N[C@@H](Cc1ccc(O)cc1)C(=O)O)N=CC(c1ccc(Cl)cc1)=C2C1CCCCC1. The molecule has 1 aliphatic carbocycles. The van der Waals surface area contributed by atoms with Crippen LogP contribution in [-0.4, -0.2) is 45.4 Å². The molecule has 4 N–H and O–H groups in total. The number of aliphatic carboxylic acids is 1. The highest BCUT2D eigenvalue weighted by Gasteiger charge is 2.40. The standard InChI is InChI=1S/C29H31ClN4O4/c1-17-25(28(36)32-24(29(37)38)15-18-7-13-22(35)14-8-18)27-31-16-23(19-9-11-21(30)12-10-19)26(34(27)33-17)20-5-3-2-4-6-20/h7-14,16-17,20,24,33,35H,2-6,15H2,1H3,(H,32,36)(H,37,38)/t17?,24-/m0/s1. The lowest BCUT2D eigenvalue weighted by molar-refractivity contribution is -0.141. The molecule has 0 bridgehead atoms. The molecule has 1 fully saturated rings. The molecule has 9 heteroatoms. The zero-order valence-electron chi connectivity index (χ0n) is 21.2. The maximum absolute atomic E-state index is 13.5. The maximum Gasteiger partial charge on any atom is 0.326 e. The first-order valence-electron chi connectivity index (χ1n) is 13.0. The fourth-order valence-corrected chi connectivity index (χ4v) is 5.61. The number of allylic oxidation sites excluding steroid dienone is 2. The summed E-state index contributed by atoms with van der Waals surface area (Å²) in [5, 5.41) is 24.6. The van der Waals surface area contributed by atoms with Gasteiger partial charge in [-0.05, 0) is 55.2 Å². The van der Waals surface area contributed by atoms with Gasteiger partial charge < -0.3 is 15.5 Å². The number of benzene rings is 2. The number of hydrazine groups is 1. The van der Waals surface area contributed by atoms with E-state index in [2.05, 4.69) is 10.7 Å². The third-order valence-electron chi connectivity index (χ3n) is 7.41. The molecule has 0 aromatic heterocycles. The van der Waals surface area contributed by atoms with E-state index < -0.39 is 17.9 Å². The van der Waals surface area contributed by atoms with Gasteiger partial charge in [0.1, 0.15) is 11.8 Å². The molecule has 0 spiro atoms. The minimum atomic E-state index is -1.13. The first-order chi connectivity index (χ1) is 18.3. The van der Waals surface area contributed by atoms with Crippen LogP contribution in [0.4, 0.5) is 0 Å². The minimum absolute atomic E-state index is 0.0900. The number of rotatable bonds is 7. The van der Waals surface area contributed by atoms with Crippen molar-refractivity contribution < 1.29 is 19.8 Å². The van der Waals surface area contributed by atoms with Crippen LogP contribution in [0.5, 0.6) is 5.75 Å². The van der Waals surface area contributed by atoms with Crippen molar-refractivity contribution in [3.8, 4) is 5.75 Å². The number of phenolic OH excluding ortho intramolecular Hbond substituents is 1. The molecule has 5 rings (SSSR count). The summed E-state index contributed by atoms with van der Waals surface area (Å²) >= 11 is 6.14. The molecular weight excluding hydrogens is 504 g/mol. The van der Waals surface area contributed by atoms with Crippen molar-refractivity contribution in [3.63, 3.8) is 0 Å². The van der Waals surface area contributed by atoms with Gasteiger partial charge in [-0.2, -0.15) is 0 Å². The van der Waals surface area contributed by atoms with Crippen LogP contribution in [0.3, 0.4) is 0 Å². The average molecular weight is 535 g/mol. The molecule has 0 radical (unpaired) electrons. The Labute approximate surface area is 226 Å². The molecule has 38 heavy (non-hydrogen) atoms. The number of hydrogen-bond donors (Lipinski definition) is 4. The average Bonchev–Trinajstić information content (AvgIpc) is 3.25. The number of hydrogen-bond acceptors (Lipinski definition) is 6. The van der Waals surface area contributed by atoms with E-state index in [1.165, 1.54) is 18.6 Å². The van der Waals surface area contributed by atoms with Crippen molar-refractivity contribution in [2.45, 2.75) is 57.5 Å². The van der Waals surface area contributed by atoms with Crippen LogP contribution < -0.4 is 10.7 Å². The van der Waals surface area contributed by atoms with Crippen LogP contribution in [0.25, 0.3) is 5.57 Å². The van der Waals surface area contributed by atoms with Crippen molar-refractivity contribution in [2.75, 3.05) is 0 Å². The van der Waals surface area contributed by atoms with Crippen LogP contribution in [0.1, 0.15) is 50.2 Å². The highest BCUT2D eigenvalue weighted by Crippen LogP contribution is 2.41. The number of amides is 1. The van der Waals surface area contributed by atoms with Crippen molar-refractivity contribution in [3.05, 3.63) is 81.8 Å². The van der Waals surface area contributed by atoms with E-state index >= 15 is 0 Å². The number of fused-ring (bicyclic) bond motifs is 1.